The first-order valence-corrected chi connectivity index (χ1v) is 6.08. The molecule has 7 heteroatoms. The minimum absolute atomic E-state index is 0.0539. The molecule has 0 bridgehead atoms. The summed E-state index contributed by atoms with van der Waals surface area (Å²) in [6, 6.07) is 10.6. The summed E-state index contributed by atoms with van der Waals surface area (Å²) in [4.78, 5) is 23.2. The second kappa shape index (κ2) is 4.71. The largest absolute Gasteiger partial charge is 0.478 e. The average Bonchev–Trinajstić information content (AvgIpc) is 2.44. The Hall–Kier alpha value is -3.22. The summed E-state index contributed by atoms with van der Waals surface area (Å²) in [5.41, 5.74) is 11.6. The highest BCUT2D eigenvalue weighted by atomic mass is 16.4. The molecule has 7 nitrogen and oxygen atoms in total. The highest BCUT2D eigenvalue weighted by molar-refractivity contribution is 6.06. The Kier molecular flexibility index (Phi) is 2.87. The van der Waals surface area contributed by atoms with Gasteiger partial charge in [0, 0.05) is 5.56 Å². The molecule has 0 saturated heterocycles. The van der Waals surface area contributed by atoms with Crippen LogP contribution < -0.4 is 11.5 Å². The van der Waals surface area contributed by atoms with Gasteiger partial charge in [0.15, 0.2) is 5.82 Å². The number of carboxylic acid groups (broad SMARTS) is 1. The molecule has 1 heterocycles. The van der Waals surface area contributed by atoms with E-state index < -0.39 is 5.97 Å². The van der Waals surface area contributed by atoms with Gasteiger partial charge in [-0.15, -0.1) is 0 Å². The number of hydrogen-bond acceptors (Lipinski definition) is 6. The van der Waals surface area contributed by atoms with Crippen LogP contribution in [0.15, 0.2) is 36.4 Å². The van der Waals surface area contributed by atoms with Crippen LogP contribution in [0.5, 0.6) is 0 Å². The number of anilines is 2. The molecule has 5 N–H and O–H groups in total. The molecule has 0 aliphatic carbocycles. The van der Waals surface area contributed by atoms with Crippen LogP contribution in [0, 0.1) is 0 Å². The number of aromatic carboxylic acids is 1. The van der Waals surface area contributed by atoms with Gasteiger partial charge in [0.05, 0.1) is 5.56 Å². The minimum Gasteiger partial charge on any atom is -0.478 e. The second-order valence-corrected chi connectivity index (χ2v) is 4.39. The van der Waals surface area contributed by atoms with Crippen LogP contribution >= 0.6 is 0 Å². The summed E-state index contributed by atoms with van der Waals surface area (Å²) < 4.78 is 0. The molecule has 1 aromatic heterocycles. The molecular formula is C14H11N5O2. The van der Waals surface area contributed by atoms with E-state index in [2.05, 4.69) is 15.0 Å². The van der Waals surface area contributed by atoms with Crippen molar-refractivity contribution in [3.8, 4) is 11.4 Å². The third-order valence-electron chi connectivity index (χ3n) is 3.05. The minimum atomic E-state index is -1.08. The Morgan fingerprint density at radius 2 is 1.62 bits per heavy atom. The molecule has 0 aliphatic rings. The number of carbonyl (C=O) groups is 1. The molecule has 2 aromatic carbocycles. The van der Waals surface area contributed by atoms with Crippen molar-refractivity contribution in [2.45, 2.75) is 0 Å². The fraction of sp³-hybridized carbons (Fsp3) is 0. The summed E-state index contributed by atoms with van der Waals surface area (Å²) in [6.45, 7) is 0. The maximum atomic E-state index is 11.5. The lowest BCUT2D eigenvalue weighted by Gasteiger charge is -2.10. The van der Waals surface area contributed by atoms with Gasteiger partial charge in [-0.25, -0.2) is 4.79 Å². The van der Waals surface area contributed by atoms with E-state index in [1.807, 2.05) is 18.2 Å². The second-order valence-electron chi connectivity index (χ2n) is 4.39. The third kappa shape index (κ3) is 2.20. The number of hydrogen-bond donors (Lipinski definition) is 3. The van der Waals surface area contributed by atoms with Crippen molar-refractivity contribution in [3.63, 3.8) is 0 Å². The number of rotatable bonds is 2. The molecule has 104 valence electrons. The molecular weight excluding hydrogens is 270 g/mol. The van der Waals surface area contributed by atoms with Crippen molar-refractivity contribution in [3.05, 3.63) is 42.0 Å². The van der Waals surface area contributed by atoms with Crippen LogP contribution in [0.4, 0.5) is 11.9 Å². The zero-order chi connectivity index (χ0) is 15.0. The predicted molar refractivity (Wildman–Crippen MR) is 78.6 cm³/mol. The lowest BCUT2D eigenvalue weighted by atomic mass is 9.98. The SMILES string of the molecule is Nc1nc(N)nc(-c2c(C(=O)O)ccc3ccccc23)n1. The normalized spacial score (nSPS) is 10.7. The lowest BCUT2D eigenvalue weighted by molar-refractivity contribution is 0.0698. The molecule has 0 fully saturated rings. The number of nitrogen functional groups attached to an aromatic ring is 2. The molecule has 3 rings (SSSR count). The highest BCUT2D eigenvalue weighted by Gasteiger charge is 2.18. The van der Waals surface area contributed by atoms with E-state index in [0.29, 0.717) is 10.9 Å². The van der Waals surface area contributed by atoms with Gasteiger partial charge in [-0.2, -0.15) is 15.0 Å². The van der Waals surface area contributed by atoms with Crippen LogP contribution in [-0.2, 0) is 0 Å². The number of nitrogens with zero attached hydrogens (tertiary/aromatic N) is 3. The standard InChI is InChI=1S/C14H11N5O2/c15-13-17-11(18-14(16)19-13)10-8-4-2-1-3-7(8)5-6-9(10)12(20)21/h1-6H,(H,20,21)(H4,15,16,17,18,19). The zero-order valence-corrected chi connectivity index (χ0v) is 10.8. The molecule has 3 aromatic rings. The van der Waals surface area contributed by atoms with Crippen molar-refractivity contribution < 1.29 is 9.90 Å². The number of nitrogens with two attached hydrogens (primary N) is 2. The topological polar surface area (TPSA) is 128 Å². The monoisotopic (exact) mass is 281 g/mol. The van der Waals surface area contributed by atoms with E-state index in [0.717, 1.165) is 5.39 Å². The van der Waals surface area contributed by atoms with Crippen LogP contribution in [0.2, 0.25) is 0 Å². The van der Waals surface area contributed by atoms with Crippen molar-refractivity contribution >= 4 is 28.6 Å². The first-order chi connectivity index (χ1) is 10.1. The quantitative estimate of drug-likeness (QED) is 0.650. The van der Waals surface area contributed by atoms with Crippen molar-refractivity contribution in [1.29, 1.82) is 0 Å². The number of fused-ring (bicyclic) bond motifs is 1. The molecule has 21 heavy (non-hydrogen) atoms. The van der Waals surface area contributed by atoms with E-state index in [4.69, 9.17) is 11.5 Å². The van der Waals surface area contributed by atoms with Gasteiger partial charge in [-0.1, -0.05) is 30.3 Å². The highest BCUT2D eigenvalue weighted by Crippen LogP contribution is 2.30. The Morgan fingerprint density at radius 3 is 2.29 bits per heavy atom. The van der Waals surface area contributed by atoms with E-state index in [1.54, 1.807) is 12.1 Å². The summed E-state index contributed by atoms with van der Waals surface area (Å²) in [6.07, 6.45) is 0. The van der Waals surface area contributed by atoms with Crippen molar-refractivity contribution in [2.75, 3.05) is 11.5 Å². The summed E-state index contributed by atoms with van der Waals surface area (Å²) in [7, 11) is 0. The zero-order valence-electron chi connectivity index (χ0n) is 10.8. The van der Waals surface area contributed by atoms with Gasteiger partial charge >= 0.3 is 5.97 Å². The lowest BCUT2D eigenvalue weighted by Crippen LogP contribution is -2.07. The first-order valence-electron chi connectivity index (χ1n) is 6.08. The number of benzene rings is 2. The molecule has 0 radical (unpaired) electrons. The summed E-state index contributed by atoms with van der Waals surface area (Å²) >= 11 is 0. The molecule has 0 atom stereocenters. The van der Waals surface area contributed by atoms with Gasteiger partial charge in [0.25, 0.3) is 0 Å². The molecule has 0 spiro atoms. The number of carboxylic acids is 1. The van der Waals surface area contributed by atoms with Crippen LogP contribution in [0.3, 0.4) is 0 Å². The molecule has 0 unspecified atom stereocenters. The maximum absolute atomic E-state index is 11.5. The molecule has 0 amide bonds. The van der Waals surface area contributed by atoms with E-state index in [1.165, 1.54) is 6.07 Å². The Bertz CT molecular complexity index is 843. The van der Waals surface area contributed by atoms with Gasteiger partial charge in [0.2, 0.25) is 11.9 Å². The Balaban J connectivity index is 2.43. The molecule has 0 saturated carbocycles. The first kappa shape index (κ1) is 12.8. The average molecular weight is 281 g/mol. The van der Waals surface area contributed by atoms with Gasteiger partial charge in [-0.3, -0.25) is 0 Å². The summed E-state index contributed by atoms with van der Waals surface area (Å²) in [5, 5.41) is 11.0. The van der Waals surface area contributed by atoms with Crippen LogP contribution in [-0.4, -0.2) is 26.0 Å². The third-order valence-corrected chi connectivity index (χ3v) is 3.05. The van der Waals surface area contributed by atoms with Crippen molar-refractivity contribution in [1.82, 2.24) is 15.0 Å². The van der Waals surface area contributed by atoms with E-state index in [9.17, 15) is 9.90 Å². The van der Waals surface area contributed by atoms with Gasteiger partial charge < -0.3 is 16.6 Å². The van der Waals surface area contributed by atoms with Crippen LogP contribution in [0.1, 0.15) is 10.4 Å². The Labute approximate surface area is 119 Å². The Morgan fingerprint density at radius 1 is 0.952 bits per heavy atom. The van der Waals surface area contributed by atoms with Gasteiger partial charge in [-0.05, 0) is 16.8 Å². The fourth-order valence-electron chi connectivity index (χ4n) is 2.21. The van der Waals surface area contributed by atoms with Gasteiger partial charge in [0.1, 0.15) is 0 Å². The van der Waals surface area contributed by atoms with E-state index in [-0.39, 0.29) is 23.3 Å². The predicted octanol–water partition coefficient (Wildman–Crippen LogP) is 1.55. The van der Waals surface area contributed by atoms with Crippen LogP contribution in [0.25, 0.3) is 22.2 Å². The number of aromatic nitrogens is 3. The van der Waals surface area contributed by atoms with E-state index >= 15 is 0 Å². The fourth-order valence-corrected chi connectivity index (χ4v) is 2.21. The van der Waals surface area contributed by atoms with Crippen molar-refractivity contribution in [2.24, 2.45) is 0 Å². The summed E-state index contributed by atoms with van der Waals surface area (Å²) in [5.74, 6) is -1.04. The smallest absolute Gasteiger partial charge is 0.336 e. The molecule has 0 aliphatic heterocycles. The maximum Gasteiger partial charge on any atom is 0.336 e.